The highest BCUT2D eigenvalue weighted by Gasteiger charge is 2.20. The molecule has 3 N–H and O–H groups in total. The van der Waals surface area contributed by atoms with Crippen molar-refractivity contribution >= 4 is 62.1 Å². The molecule has 59 heavy (non-hydrogen) atoms. The summed E-state index contributed by atoms with van der Waals surface area (Å²) in [5.74, 6) is -1.82. The van der Waals surface area contributed by atoms with Crippen molar-refractivity contribution in [3.05, 3.63) is 147 Å². The summed E-state index contributed by atoms with van der Waals surface area (Å²) in [5.41, 5.74) is 7.57. The Balaban J connectivity index is 0.000000180. The van der Waals surface area contributed by atoms with Crippen LogP contribution in [-0.4, -0.2) is 53.1 Å². The minimum absolute atomic E-state index is 0.0288. The van der Waals surface area contributed by atoms with Gasteiger partial charge in [-0.25, -0.2) is 19.9 Å². The Morgan fingerprint density at radius 3 is 1.78 bits per heavy atom. The van der Waals surface area contributed by atoms with Crippen LogP contribution >= 0.6 is 11.6 Å². The molecule has 4 aromatic heterocycles. The first-order chi connectivity index (χ1) is 30.7. The summed E-state index contributed by atoms with van der Waals surface area (Å²) in [6.45, 7) is -4.62. The van der Waals surface area contributed by atoms with Gasteiger partial charge in [0.2, 0.25) is 22.9 Å². The number of methoxy groups -OCH3 is 2. The second-order valence-corrected chi connectivity index (χ2v) is 12.4. The van der Waals surface area contributed by atoms with Crippen molar-refractivity contribution in [3.8, 4) is 34.0 Å². The first-order valence-electron chi connectivity index (χ1n) is 19.8. The van der Waals surface area contributed by atoms with E-state index in [9.17, 15) is 29.0 Å². The highest BCUT2D eigenvalue weighted by Crippen LogP contribution is 2.35. The number of nitro benzene ring substituents is 2. The molecule has 19 heteroatoms. The van der Waals surface area contributed by atoms with Crippen molar-refractivity contribution in [3.63, 3.8) is 0 Å². The van der Waals surface area contributed by atoms with Gasteiger partial charge in [0, 0.05) is 104 Å². The molecule has 0 spiro atoms. The molecular formula is C40H33ClF2N10O6. The van der Waals surface area contributed by atoms with Crippen LogP contribution in [0.5, 0.6) is 11.5 Å². The first-order valence-corrected chi connectivity index (χ1v) is 17.2. The van der Waals surface area contributed by atoms with Crippen molar-refractivity contribution < 1.29 is 36.3 Å². The number of nitro groups is 2. The van der Waals surface area contributed by atoms with Gasteiger partial charge >= 0.3 is 11.4 Å². The maximum Gasteiger partial charge on any atom is 0.307 e. The summed E-state index contributed by atoms with van der Waals surface area (Å²) in [4.78, 5) is 36.2. The van der Waals surface area contributed by atoms with E-state index in [1.165, 1.54) is 35.7 Å². The van der Waals surface area contributed by atoms with Gasteiger partial charge in [-0.05, 0) is 35.9 Å². The number of nitrogens with zero attached hydrogens (tertiary/aromatic N) is 8. The van der Waals surface area contributed by atoms with E-state index >= 15 is 0 Å². The monoisotopic (exact) mass is 828 g/mol. The van der Waals surface area contributed by atoms with Crippen LogP contribution in [0.2, 0.25) is 5.28 Å². The molecule has 0 fully saturated rings. The summed E-state index contributed by atoms with van der Waals surface area (Å²) in [5, 5.41) is 25.8. The van der Waals surface area contributed by atoms with Crippen LogP contribution in [0.3, 0.4) is 0 Å². The van der Waals surface area contributed by atoms with E-state index < -0.39 is 46.8 Å². The number of anilines is 3. The lowest BCUT2D eigenvalue weighted by Gasteiger charge is -2.11. The maximum atomic E-state index is 13.9. The van der Waals surface area contributed by atoms with Crippen molar-refractivity contribution in [2.24, 2.45) is 14.0 Å². The molecular weight excluding hydrogens is 790 g/mol. The third-order valence-corrected chi connectivity index (χ3v) is 8.65. The van der Waals surface area contributed by atoms with Gasteiger partial charge in [0.1, 0.15) is 11.5 Å². The second-order valence-electron chi connectivity index (χ2n) is 12.0. The molecule has 0 radical (unpaired) electrons. The summed E-state index contributed by atoms with van der Waals surface area (Å²) >= 11 is 5.80. The third kappa shape index (κ3) is 8.97. The lowest BCUT2D eigenvalue weighted by atomic mass is 10.1. The molecule has 0 atom stereocenters. The Bertz CT molecular complexity index is 3080. The number of hydrogen-bond donors (Lipinski definition) is 2. The molecule has 8 rings (SSSR count). The molecule has 4 heterocycles. The van der Waals surface area contributed by atoms with E-state index in [4.69, 9.17) is 30.3 Å². The molecule has 4 aromatic carbocycles. The third-order valence-electron chi connectivity index (χ3n) is 8.47. The zero-order valence-electron chi connectivity index (χ0n) is 36.6. The highest BCUT2D eigenvalue weighted by molar-refractivity contribution is 6.28. The van der Waals surface area contributed by atoms with E-state index in [1.807, 2.05) is 12.1 Å². The number of nitrogens with two attached hydrogens (primary N) is 1. The number of aryl methyl sites for hydroxylation is 2. The Kier molecular flexibility index (Phi) is 9.97. The Labute approximate surface area is 347 Å². The molecule has 0 aliphatic heterocycles. The number of halogens is 3. The zero-order chi connectivity index (χ0) is 47.4. The van der Waals surface area contributed by atoms with Gasteiger partial charge < -0.3 is 29.7 Å². The van der Waals surface area contributed by atoms with Gasteiger partial charge in [0.15, 0.2) is 0 Å². The second kappa shape index (κ2) is 17.6. The molecule has 0 saturated heterocycles. The largest absolute Gasteiger partial charge is 0.494 e. The molecule has 300 valence electrons. The lowest BCUT2D eigenvalue weighted by molar-refractivity contribution is -0.387. The average molecular weight is 829 g/mol. The minimum atomic E-state index is -2.38. The summed E-state index contributed by atoms with van der Waals surface area (Å²) in [6, 6.07) is 21.3. The van der Waals surface area contributed by atoms with Gasteiger partial charge in [-0.2, -0.15) is 8.78 Å². The number of nitrogens with one attached hydrogen (secondary N) is 1. The normalized spacial score (nSPS) is 12.6. The number of para-hydroxylation sites is 2. The smallest absolute Gasteiger partial charge is 0.307 e. The number of nitrogen functional groups attached to an aromatic ring is 1. The predicted molar refractivity (Wildman–Crippen MR) is 220 cm³/mol. The van der Waals surface area contributed by atoms with E-state index in [2.05, 4.69) is 30.0 Å². The molecule has 0 bridgehead atoms. The predicted octanol–water partition coefficient (Wildman–Crippen LogP) is 9.05. The molecule has 0 saturated carbocycles. The number of hydrogen-bond acceptors (Lipinski definition) is 12. The van der Waals surface area contributed by atoms with Gasteiger partial charge in [0.25, 0.3) is 0 Å². The zero-order valence-corrected chi connectivity index (χ0v) is 31.4. The van der Waals surface area contributed by atoms with Gasteiger partial charge in [-0.1, -0.05) is 36.4 Å². The van der Waals surface area contributed by atoms with Crippen LogP contribution in [-0.2, 0) is 14.0 Å². The van der Waals surface area contributed by atoms with Crippen molar-refractivity contribution in [2.45, 2.75) is 0 Å². The highest BCUT2D eigenvalue weighted by atomic mass is 35.5. The number of fused-ring (bicyclic) bond motifs is 2. The Hall–Kier alpha value is -7.73. The van der Waals surface area contributed by atoms with Crippen LogP contribution in [0.15, 0.2) is 110 Å². The summed E-state index contributed by atoms with van der Waals surface area (Å²) < 4.78 is 85.2. The van der Waals surface area contributed by atoms with Crippen molar-refractivity contribution in [2.75, 3.05) is 25.3 Å². The van der Waals surface area contributed by atoms with Crippen LogP contribution < -0.4 is 20.5 Å². The number of ether oxygens (including phenoxy) is 2. The Morgan fingerprint density at radius 2 is 1.25 bits per heavy atom. The molecule has 8 aromatic rings. The maximum absolute atomic E-state index is 13.9. The Morgan fingerprint density at radius 1 is 0.746 bits per heavy atom. The topological polar surface area (TPSA) is 204 Å². The SMILES string of the molecule is COc1cc(F)c([N+](=O)[O-])cc1N.[2H]C([2H])([2H])n1cc(-c2ccnc(Cl)n2)c2ccccc21.[2H]C([2H])([2H])n1cc(-c2ccnc(Nc3cc([N+](=O)[O-])c(F)cc3OC)n2)c2ccccc21. The number of aromatic nitrogens is 6. The van der Waals surface area contributed by atoms with E-state index in [0.29, 0.717) is 33.4 Å². The van der Waals surface area contributed by atoms with E-state index in [1.54, 1.807) is 60.9 Å². The number of benzene rings is 4. The fraction of sp³-hybridized carbons (Fsp3) is 0.100. The molecule has 16 nitrogen and oxygen atoms in total. The van der Waals surface area contributed by atoms with E-state index in [0.717, 1.165) is 35.2 Å². The average Bonchev–Trinajstić information content (AvgIpc) is 3.86. The van der Waals surface area contributed by atoms with Gasteiger partial charge in [0.05, 0.1) is 46.8 Å². The molecule has 0 amide bonds. The first kappa shape index (κ1) is 33.4. The standard InChI is InChI=1S/C20H16FN5O3.C13H10ClN3.C7H7FN2O3/c1-25-11-13(12-5-3-4-6-17(12)25)15-7-8-22-20(23-15)24-16-10-18(26(27)28)14(21)9-19(16)29-2;1-17-8-10(9-4-2-3-5-12(9)17)11-6-7-15-13(14)16-11;1-13-7-2-4(8)6(10(11)12)3-5(7)9/h3-11H,1-2H3,(H,22,23,24);2-8H,1H3;2-3H,9H2,1H3/i2*1D3;. The summed E-state index contributed by atoms with van der Waals surface area (Å²) in [7, 11) is 2.60. The van der Waals surface area contributed by atoms with Crippen molar-refractivity contribution in [1.82, 2.24) is 29.1 Å². The quantitative estimate of drug-likeness (QED) is 0.0637. The van der Waals surface area contributed by atoms with Crippen LogP contribution in [0.4, 0.5) is 37.5 Å². The molecule has 0 unspecified atom stereocenters. The summed E-state index contributed by atoms with van der Waals surface area (Å²) in [6.07, 6.45) is 6.08. The minimum Gasteiger partial charge on any atom is -0.494 e. The van der Waals surface area contributed by atoms with Crippen LogP contribution in [0, 0.1) is 31.9 Å². The van der Waals surface area contributed by atoms with E-state index in [-0.39, 0.29) is 34.1 Å². The van der Waals surface area contributed by atoms with Gasteiger partial charge in [-0.15, -0.1) is 0 Å². The lowest BCUT2D eigenvalue weighted by Crippen LogP contribution is -2.02. The van der Waals surface area contributed by atoms with Crippen molar-refractivity contribution in [1.29, 1.82) is 0 Å². The fourth-order valence-electron chi connectivity index (χ4n) is 5.77. The fourth-order valence-corrected chi connectivity index (χ4v) is 5.92. The molecule has 0 aliphatic rings. The van der Waals surface area contributed by atoms with Crippen LogP contribution in [0.1, 0.15) is 8.22 Å². The van der Waals surface area contributed by atoms with Crippen LogP contribution in [0.25, 0.3) is 44.3 Å². The number of rotatable bonds is 8. The molecule has 0 aliphatic carbocycles. The van der Waals surface area contributed by atoms with Gasteiger partial charge in [-0.3, -0.25) is 20.2 Å².